The van der Waals surface area contributed by atoms with Gasteiger partial charge in [0.15, 0.2) is 11.5 Å². The lowest BCUT2D eigenvalue weighted by Crippen LogP contribution is -2.43. The molecule has 0 fully saturated rings. The summed E-state index contributed by atoms with van der Waals surface area (Å²) >= 11 is -1.10. The first kappa shape index (κ1) is 15.5. The van der Waals surface area contributed by atoms with E-state index in [1.807, 2.05) is 10.4 Å². The molecule has 0 saturated carbocycles. The number of anilines is 1. The zero-order valence-corrected chi connectivity index (χ0v) is 14.5. The molecule has 0 amide bonds. The molecule has 0 aliphatic carbocycles. The minimum absolute atomic E-state index is 0.644. The van der Waals surface area contributed by atoms with Gasteiger partial charge in [-0.2, -0.15) is 4.31 Å². The third kappa shape index (κ3) is 2.38. The van der Waals surface area contributed by atoms with Gasteiger partial charge in [0.05, 0.1) is 18.8 Å². The van der Waals surface area contributed by atoms with E-state index in [1.54, 1.807) is 0 Å². The molecule has 24 heavy (non-hydrogen) atoms. The van der Waals surface area contributed by atoms with Crippen molar-refractivity contribution in [2.24, 2.45) is 0 Å². The molecule has 0 bridgehead atoms. The fourth-order valence-corrected chi connectivity index (χ4v) is 4.75. The van der Waals surface area contributed by atoms with Gasteiger partial charge in [-0.05, 0) is 58.2 Å². The van der Waals surface area contributed by atoms with Crippen LogP contribution in [0, 0.1) is 0 Å². The Kier molecular flexibility index (Phi) is 3.96. The van der Waals surface area contributed by atoms with Crippen LogP contribution < -0.4 is 19.5 Å². The van der Waals surface area contributed by atoms with Crippen LogP contribution in [0.2, 0.25) is 0 Å². The fraction of sp³-hybridized carbons (Fsp3) is 0.200. The van der Waals surface area contributed by atoms with Gasteiger partial charge in [-0.15, -0.1) is 4.72 Å². The van der Waals surface area contributed by atoms with Gasteiger partial charge in [-0.3, -0.25) is 0 Å². The number of nitrogens with one attached hydrogen (secondary N) is 1. The lowest BCUT2D eigenvalue weighted by atomic mass is 9.95. The smallest absolute Gasteiger partial charge is 0.166 e. The van der Waals surface area contributed by atoms with E-state index < -0.39 is 11.5 Å². The molecule has 2 heterocycles. The zero-order chi connectivity index (χ0) is 16.7. The topological polar surface area (TPSA) is 38.3 Å². The van der Waals surface area contributed by atoms with Gasteiger partial charge in [0.2, 0.25) is 0 Å². The summed E-state index contributed by atoms with van der Waals surface area (Å²) in [5.74, 6) is 0. The molecule has 0 spiro atoms. The summed E-state index contributed by atoms with van der Waals surface area (Å²) < 4.78 is 17.1. The monoisotopic (exact) mass is 336 g/mol. The Hall–Kier alpha value is -2.01. The van der Waals surface area contributed by atoms with Gasteiger partial charge in [0.1, 0.15) is 0 Å². The second-order valence-electron chi connectivity index (χ2n) is 6.06. The standard InChI is InChI=1S/C20H20N2OS/c1-3-14-7-5-6-8-19(14)18(4-2)16-11-15-9-10-22-20(15)17(12-16)13-21-24(22)23/h3-8,11-12,21H,2,9-10,13H2,1H3/b14-3-,19-18+. The van der Waals surface area contributed by atoms with E-state index >= 15 is 0 Å². The lowest BCUT2D eigenvalue weighted by Gasteiger charge is -2.28. The average molecular weight is 336 g/mol. The molecular weight excluding hydrogens is 316 g/mol. The Balaban J connectivity index is 1.97. The third-order valence-corrected chi connectivity index (χ3v) is 5.92. The molecule has 122 valence electrons. The molecule has 1 atom stereocenters. The number of nitrogens with zero attached hydrogens (tertiary/aromatic N) is 1. The van der Waals surface area contributed by atoms with Crippen LogP contribution in [0.15, 0.2) is 49.1 Å². The van der Waals surface area contributed by atoms with Gasteiger partial charge in [-0.1, -0.05) is 43.0 Å². The molecule has 1 unspecified atom stereocenters. The van der Waals surface area contributed by atoms with E-state index in [0.717, 1.165) is 24.2 Å². The Morgan fingerprint density at radius 2 is 2.08 bits per heavy atom. The fourth-order valence-electron chi connectivity index (χ4n) is 3.66. The second-order valence-corrected chi connectivity index (χ2v) is 7.29. The van der Waals surface area contributed by atoms with Crippen LogP contribution in [0.4, 0.5) is 5.69 Å². The van der Waals surface area contributed by atoms with Crippen molar-refractivity contribution in [3.8, 4) is 0 Å². The molecule has 2 aromatic carbocycles. The second kappa shape index (κ2) is 6.13. The van der Waals surface area contributed by atoms with E-state index in [9.17, 15) is 4.55 Å². The molecule has 4 heteroatoms. The van der Waals surface area contributed by atoms with Crippen molar-refractivity contribution >= 4 is 28.9 Å². The Morgan fingerprint density at radius 1 is 1.29 bits per heavy atom. The minimum atomic E-state index is -1.10. The maximum atomic E-state index is 12.1. The van der Waals surface area contributed by atoms with E-state index in [-0.39, 0.29) is 0 Å². The van der Waals surface area contributed by atoms with Gasteiger partial charge >= 0.3 is 0 Å². The van der Waals surface area contributed by atoms with Crippen LogP contribution in [0.3, 0.4) is 0 Å². The van der Waals surface area contributed by atoms with Crippen molar-refractivity contribution in [3.63, 3.8) is 0 Å². The number of benzene rings is 2. The summed E-state index contributed by atoms with van der Waals surface area (Å²) in [7, 11) is 0. The largest absolute Gasteiger partial charge is 0.573 e. The molecular formula is C20H20N2OS. The van der Waals surface area contributed by atoms with Crippen molar-refractivity contribution in [1.82, 2.24) is 4.72 Å². The summed E-state index contributed by atoms with van der Waals surface area (Å²) in [6, 6.07) is 12.8. The Labute approximate surface area is 145 Å². The maximum Gasteiger partial charge on any atom is 0.166 e. The highest BCUT2D eigenvalue weighted by Crippen LogP contribution is 2.38. The quantitative estimate of drug-likeness (QED) is 0.852. The van der Waals surface area contributed by atoms with Crippen LogP contribution in [-0.2, 0) is 24.5 Å². The number of allylic oxidation sites excluding steroid dienone is 1. The predicted octanol–water partition coefficient (Wildman–Crippen LogP) is 1.92. The molecule has 0 radical (unpaired) electrons. The highest BCUT2D eigenvalue weighted by atomic mass is 32.2. The average Bonchev–Trinajstić information content (AvgIpc) is 3.05. The molecule has 0 saturated heterocycles. The molecule has 2 aliphatic rings. The van der Waals surface area contributed by atoms with E-state index in [1.165, 1.54) is 27.1 Å². The van der Waals surface area contributed by atoms with Gasteiger partial charge in [0.25, 0.3) is 0 Å². The molecule has 0 aromatic heterocycles. The van der Waals surface area contributed by atoms with Gasteiger partial charge in [0, 0.05) is 0 Å². The van der Waals surface area contributed by atoms with Crippen molar-refractivity contribution < 1.29 is 4.55 Å². The van der Waals surface area contributed by atoms with Crippen LogP contribution in [0.5, 0.6) is 0 Å². The first-order valence-corrected chi connectivity index (χ1v) is 9.31. The zero-order valence-electron chi connectivity index (χ0n) is 13.7. The van der Waals surface area contributed by atoms with Crippen LogP contribution in [-0.4, -0.2) is 11.1 Å². The normalized spacial score (nSPS) is 20.8. The van der Waals surface area contributed by atoms with Gasteiger partial charge in [-0.25, -0.2) is 0 Å². The number of hydrogen-bond acceptors (Lipinski definition) is 3. The first-order chi connectivity index (χ1) is 11.7. The van der Waals surface area contributed by atoms with Crippen molar-refractivity contribution in [2.75, 3.05) is 10.8 Å². The van der Waals surface area contributed by atoms with E-state index in [4.69, 9.17) is 0 Å². The SMILES string of the molecule is C=C/C(c1cc2c3c(c1)CN[S+]([O-])N3CC2)=c1/cccc/c1=C/C. The number of rotatable bonds is 2. The maximum absolute atomic E-state index is 12.1. The highest BCUT2D eigenvalue weighted by molar-refractivity contribution is 7.91. The molecule has 2 aromatic rings. The summed E-state index contributed by atoms with van der Waals surface area (Å²) in [5.41, 5.74) is 6.00. The van der Waals surface area contributed by atoms with Gasteiger partial charge < -0.3 is 4.55 Å². The van der Waals surface area contributed by atoms with Crippen molar-refractivity contribution in [3.05, 3.63) is 76.2 Å². The van der Waals surface area contributed by atoms with E-state index in [0.29, 0.717) is 6.54 Å². The Morgan fingerprint density at radius 3 is 2.88 bits per heavy atom. The van der Waals surface area contributed by atoms with Crippen LogP contribution in [0.25, 0.3) is 11.6 Å². The molecule has 4 rings (SSSR count). The third-order valence-electron chi connectivity index (χ3n) is 4.76. The first-order valence-electron chi connectivity index (χ1n) is 8.20. The summed E-state index contributed by atoms with van der Waals surface area (Å²) in [6.07, 6.45) is 5.01. The summed E-state index contributed by atoms with van der Waals surface area (Å²) in [5, 5.41) is 2.41. The van der Waals surface area contributed by atoms with Crippen LogP contribution in [0.1, 0.15) is 23.6 Å². The summed E-state index contributed by atoms with van der Waals surface area (Å²) in [6.45, 7) is 7.57. The highest BCUT2D eigenvalue weighted by Gasteiger charge is 2.35. The van der Waals surface area contributed by atoms with Crippen LogP contribution >= 0.6 is 0 Å². The molecule has 1 N–H and O–H groups in total. The van der Waals surface area contributed by atoms with Crippen molar-refractivity contribution in [2.45, 2.75) is 19.9 Å². The minimum Gasteiger partial charge on any atom is -0.573 e. The predicted molar refractivity (Wildman–Crippen MR) is 101 cm³/mol. The van der Waals surface area contributed by atoms with Crippen molar-refractivity contribution in [1.29, 1.82) is 0 Å². The lowest BCUT2D eigenvalue weighted by molar-refractivity contribution is 0.573. The van der Waals surface area contributed by atoms with E-state index in [2.05, 4.69) is 60.7 Å². The summed E-state index contributed by atoms with van der Waals surface area (Å²) in [4.78, 5) is 0. The molecule has 2 aliphatic heterocycles. The molecule has 3 nitrogen and oxygen atoms in total. The number of hydrogen-bond donors (Lipinski definition) is 1. The Bertz CT molecular complexity index is 935.